The lowest BCUT2D eigenvalue weighted by atomic mass is 9.78. The van der Waals surface area contributed by atoms with Gasteiger partial charge in [-0.1, -0.05) is 30.9 Å². The predicted molar refractivity (Wildman–Crippen MR) is 106 cm³/mol. The van der Waals surface area contributed by atoms with Crippen LogP contribution >= 0.6 is 0 Å². The number of ether oxygens (including phenoxy) is 2. The largest absolute Gasteiger partial charge is 0.466 e. The fourth-order valence-corrected chi connectivity index (χ4v) is 6.34. The number of carbonyl (C=O) groups excluding carboxylic acids is 3. The van der Waals surface area contributed by atoms with Crippen molar-refractivity contribution in [2.45, 2.75) is 51.9 Å². The van der Waals surface area contributed by atoms with Gasteiger partial charge in [-0.15, -0.1) is 0 Å². The molecule has 1 saturated heterocycles. The molecule has 1 amide bonds. The van der Waals surface area contributed by atoms with Crippen molar-refractivity contribution < 1.29 is 23.9 Å². The van der Waals surface area contributed by atoms with E-state index in [-0.39, 0.29) is 30.3 Å². The molecule has 0 radical (unpaired) electrons. The topological polar surface area (TPSA) is 72.9 Å². The number of hydrogen-bond donors (Lipinski definition) is 0. The van der Waals surface area contributed by atoms with Crippen LogP contribution in [0.2, 0.25) is 19.6 Å². The molecule has 1 aliphatic carbocycles. The lowest BCUT2D eigenvalue weighted by Crippen LogP contribution is -2.52. The van der Waals surface area contributed by atoms with E-state index in [1.807, 2.05) is 4.90 Å². The first-order valence-electron chi connectivity index (χ1n) is 9.51. The molecule has 0 unspecified atom stereocenters. The van der Waals surface area contributed by atoms with Gasteiger partial charge in [0, 0.05) is 27.0 Å². The Morgan fingerprint density at radius 2 is 2.04 bits per heavy atom. The number of carbonyl (C=O) groups is 3. The highest BCUT2D eigenvalue weighted by Crippen LogP contribution is 2.44. The van der Waals surface area contributed by atoms with Crippen LogP contribution in [0.25, 0.3) is 0 Å². The van der Waals surface area contributed by atoms with Crippen molar-refractivity contribution in [2.24, 2.45) is 5.41 Å². The van der Waals surface area contributed by atoms with Crippen LogP contribution in [0.4, 0.5) is 0 Å². The first-order valence-corrected chi connectivity index (χ1v) is 13.0. The summed E-state index contributed by atoms with van der Waals surface area (Å²) in [5.41, 5.74) is -0.926. The molecule has 0 saturated carbocycles. The van der Waals surface area contributed by atoms with Crippen LogP contribution in [0.3, 0.4) is 0 Å². The molecule has 0 spiro atoms. The lowest BCUT2D eigenvalue weighted by molar-refractivity contribution is -0.145. The van der Waals surface area contributed by atoms with Gasteiger partial charge < -0.3 is 14.4 Å². The number of hydrogen-bond acceptors (Lipinski definition) is 5. The number of amides is 1. The smallest absolute Gasteiger partial charge is 0.302 e. The number of likely N-dealkylation sites (tertiary alicyclic amines) is 1. The molecule has 6 nitrogen and oxygen atoms in total. The summed E-state index contributed by atoms with van der Waals surface area (Å²) in [7, 11) is -0.352. The Bertz CT molecular complexity index is 664. The molecule has 27 heavy (non-hydrogen) atoms. The van der Waals surface area contributed by atoms with Crippen LogP contribution in [0.15, 0.2) is 23.4 Å². The molecule has 150 valence electrons. The van der Waals surface area contributed by atoms with Gasteiger partial charge in [0.2, 0.25) is 5.91 Å². The third kappa shape index (κ3) is 4.76. The monoisotopic (exact) mass is 393 g/mol. The summed E-state index contributed by atoms with van der Waals surface area (Å²) in [4.78, 5) is 39.1. The van der Waals surface area contributed by atoms with E-state index in [0.717, 1.165) is 18.0 Å². The molecule has 0 aromatic carbocycles. The maximum absolute atomic E-state index is 13.8. The molecule has 7 heteroatoms. The number of rotatable bonds is 7. The number of ketones is 1. The van der Waals surface area contributed by atoms with Crippen LogP contribution in [-0.4, -0.2) is 63.5 Å². The molecule has 1 fully saturated rings. The molecule has 2 rings (SSSR count). The maximum atomic E-state index is 13.8. The van der Waals surface area contributed by atoms with E-state index in [9.17, 15) is 14.4 Å². The van der Waals surface area contributed by atoms with Crippen LogP contribution in [0.1, 0.15) is 26.2 Å². The van der Waals surface area contributed by atoms with Gasteiger partial charge in [-0.05, 0) is 25.0 Å². The SMILES string of the molecule is COC[C@@H]1CCCN1C(=O)[C@@]1(CCOC(C)=O)C=CC(=O)C=C1[Si](C)(C)C. The zero-order valence-electron chi connectivity index (χ0n) is 17.0. The summed E-state index contributed by atoms with van der Waals surface area (Å²) >= 11 is 0. The van der Waals surface area contributed by atoms with Gasteiger partial charge in [-0.2, -0.15) is 0 Å². The average Bonchev–Trinajstić information content (AvgIpc) is 3.03. The molecule has 0 N–H and O–H groups in total. The highest BCUT2D eigenvalue weighted by molar-refractivity contribution is 6.84. The molecule has 0 bridgehead atoms. The quantitative estimate of drug-likeness (QED) is 0.491. The molecular weight excluding hydrogens is 362 g/mol. The zero-order chi connectivity index (χ0) is 20.2. The summed E-state index contributed by atoms with van der Waals surface area (Å²) in [5.74, 6) is -0.463. The van der Waals surface area contributed by atoms with Gasteiger partial charge in [-0.3, -0.25) is 14.4 Å². The minimum absolute atomic E-state index is 0.00775. The van der Waals surface area contributed by atoms with Crippen molar-refractivity contribution in [1.82, 2.24) is 4.90 Å². The van der Waals surface area contributed by atoms with Crippen molar-refractivity contribution in [2.75, 3.05) is 26.9 Å². The fraction of sp³-hybridized carbons (Fsp3) is 0.650. The van der Waals surface area contributed by atoms with Gasteiger partial charge in [0.1, 0.15) is 0 Å². The Morgan fingerprint density at radius 1 is 1.33 bits per heavy atom. The molecule has 0 aromatic rings. The van der Waals surface area contributed by atoms with E-state index in [4.69, 9.17) is 9.47 Å². The summed E-state index contributed by atoms with van der Waals surface area (Å²) in [6, 6.07) is 0.0435. The van der Waals surface area contributed by atoms with E-state index in [2.05, 4.69) is 19.6 Å². The second kappa shape index (κ2) is 8.52. The van der Waals surface area contributed by atoms with Crippen molar-refractivity contribution in [3.8, 4) is 0 Å². The first kappa shape index (κ1) is 21.6. The third-order valence-corrected chi connectivity index (χ3v) is 7.49. The predicted octanol–water partition coefficient (Wildman–Crippen LogP) is 2.51. The van der Waals surface area contributed by atoms with Gasteiger partial charge >= 0.3 is 5.97 Å². The van der Waals surface area contributed by atoms with E-state index in [1.54, 1.807) is 19.3 Å². The van der Waals surface area contributed by atoms with E-state index >= 15 is 0 Å². The summed E-state index contributed by atoms with van der Waals surface area (Å²) in [6.45, 7) is 9.09. The first-order chi connectivity index (χ1) is 12.6. The Morgan fingerprint density at radius 3 is 2.63 bits per heavy atom. The van der Waals surface area contributed by atoms with Gasteiger partial charge in [0.25, 0.3) is 0 Å². The van der Waals surface area contributed by atoms with E-state index in [1.165, 1.54) is 13.0 Å². The minimum atomic E-state index is -2.00. The summed E-state index contributed by atoms with van der Waals surface area (Å²) in [6.07, 6.45) is 7.07. The van der Waals surface area contributed by atoms with E-state index < -0.39 is 13.5 Å². The van der Waals surface area contributed by atoms with Crippen LogP contribution in [-0.2, 0) is 23.9 Å². The second-order valence-corrected chi connectivity index (χ2v) is 13.4. The van der Waals surface area contributed by atoms with Crippen LogP contribution in [0, 0.1) is 5.41 Å². The number of esters is 1. The normalized spacial score (nSPS) is 25.5. The molecule has 2 aliphatic rings. The highest BCUT2D eigenvalue weighted by Gasteiger charge is 2.49. The number of allylic oxidation sites excluding steroid dienone is 2. The summed E-state index contributed by atoms with van der Waals surface area (Å²) in [5, 5.41) is 0.905. The van der Waals surface area contributed by atoms with Gasteiger partial charge in [0.15, 0.2) is 5.78 Å². The molecular formula is C20H31NO5Si. The zero-order valence-corrected chi connectivity index (χ0v) is 18.0. The van der Waals surface area contributed by atoms with Gasteiger partial charge in [0.05, 0.1) is 32.7 Å². The average molecular weight is 394 g/mol. The van der Waals surface area contributed by atoms with Crippen LogP contribution < -0.4 is 0 Å². The molecule has 0 aromatic heterocycles. The van der Waals surface area contributed by atoms with Crippen molar-refractivity contribution >= 4 is 25.7 Å². The van der Waals surface area contributed by atoms with E-state index in [0.29, 0.717) is 19.6 Å². The second-order valence-electron chi connectivity index (χ2n) is 8.36. The third-order valence-electron chi connectivity index (χ3n) is 5.29. The Labute approximate surface area is 162 Å². The maximum Gasteiger partial charge on any atom is 0.302 e. The standard InChI is InChI=1S/C20H31NO5Si/c1-15(22)26-12-10-20(9-8-17(23)13-18(20)27(3,4)5)19(24)21-11-6-7-16(21)14-25-2/h8-9,13,16H,6-7,10-12,14H2,1-5H3/t16-,20+/m0/s1. The Kier molecular flexibility index (Phi) is 6.81. The highest BCUT2D eigenvalue weighted by atomic mass is 28.3. The lowest BCUT2D eigenvalue weighted by Gasteiger charge is -2.42. The van der Waals surface area contributed by atoms with Crippen molar-refractivity contribution in [3.05, 3.63) is 23.4 Å². The van der Waals surface area contributed by atoms with Gasteiger partial charge in [-0.25, -0.2) is 0 Å². The number of nitrogens with zero attached hydrogens (tertiary/aromatic N) is 1. The Hall–Kier alpha value is -1.73. The van der Waals surface area contributed by atoms with Crippen molar-refractivity contribution in [3.63, 3.8) is 0 Å². The number of methoxy groups -OCH3 is 1. The Balaban J connectivity index is 2.44. The summed E-state index contributed by atoms with van der Waals surface area (Å²) < 4.78 is 10.5. The molecule has 1 heterocycles. The minimum Gasteiger partial charge on any atom is -0.466 e. The van der Waals surface area contributed by atoms with Crippen molar-refractivity contribution in [1.29, 1.82) is 0 Å². The molecule has 2 atom stereocenters. The fourth-order valence-electron chi connectivity index (χ4n) is 4.11. The molecule has 1 aliphatic heterocycles. The van der Waals surface area contributed by atoms with Crippen LogP contribution in [0.5, 0.6) is 0 Å².